The van der Waals surface area contributed by atoms with Crippen molar-refractivity contribution in [3.8, 4) is 0 Å². The quantitative estimate of drug-likeness (QED) is 0.626. The number of hydrogen-bond donors (Lipinski definition) is 2. The summed E-state index contributed by atoms with van der Waals surface area (Å²) in [5.41, 5.74) is 0.771. The van der Waals surface area contributed by atoms with Crippen LogP contribution < -0.4 is 10.6 Å². The summed E-state index contributed by atoms with van der Waals surface area (Å²) in [6, 6.07) is 7.96. The number of carbonyl (C=O) groups is 2. The molecule has 0 unspecified atom stereocenters. The first-order chi connectivity index (χ1) is 14.9. The van der Waals surface area contributed by atoms with Gasteiger partial charge in [0.25, 0.3) is 0 Å². The number of benzene rings is 1. The molecule has 0 bridgehead atoms. The van der Waals surface area contributed by atoms with E-state index in [4.69, 9.17) is 0 Å². The molecular weight excluding hydrogens is 423 g/mol. The molecule has 2 amide bonds. The highest BCUT2D eigenvalue weighted by Crippen LogP contribution is 2.27. The van der Waals surface area contributed by atoms with Crippen LogP contribution in [0, 0.1) is 5.82 Å². The lowest BCUT2D eigenvalue weighted by Gasteiger charge is -2.34. The molecule has 1 saturated heterocycles. The van der Waals surface area contributed by atoms with Crippen LogP contribution in [0.2, 0.25) is 0 Å². The maximum atomic E-state index is 13.2. The number of nitrogens with one attached hydrogen (secondary N) is 2. The van der Waals surface area contributed by atoms with Crippen molar-refractivity contribution < 1.29 is 22.4 Å². The van der Waals surface area contributed by atoms with Gasteiger partial charge in [-0.3, -0.25) is 14.6 Å². The predicted octanol–water partition coefficient (Wildman–Crippen LogP) is 1.59. The molecule has 1 aromatic carbocycles. The number of halogens is 1. The molecule has 1 atom stereocenters. The molecule has 1 aromatic heterocycles. The Hall–Kier alpha value is -2.85. The van der Waals surface area contributed by atoms with Crippen molar-refractivity contribution in [3.05, 3.63) is 60.2 Å². The van der Waals surface area contributed by atoms with Crippen LogP contribution in [0.5, 0.6) is 0 Å². The van der Waals surface area contributed by atoms with Crippen molar-refractivity contribution in [2.75, 3.05) is 13.1 Å². The average Bonchev–Trinajstić information content (AvgIpc) is 2.78. The fraction of sp³-hybridized carbons (Fsp3) is 0.381. The van der Waals surface area contributed by atoms with E-state index >= 15 is 0 Å². The van der Waals surface area contributed by atoms with Gasteiger partial charge in [0.15, 0.2) is 0 Å². The minimum absolute atomic E-state index is 0.0413. The Bertz CT molecular complexity index is 1000. The van der Waals surface area contributed by atoms with Crippen LogP contribution in [-0.2, 0) is 26.2 Å². The van der Waals surface area contributed by atoms with E-state index in [9.17, 15) is 22.4 Å². The monoisotopic (exact) mass is 448 g/mol. The van der Waals surface area contributed by atoms with Crippen molar-refractivity contribution in [1.29, 1.82) is 0 Å². The van der Waals surface area contributed by atoms with E-state index in [1.165, 1.54) is 16.4 Å². The summed E-state index contributed by atoms with van der Waals surface area (Å²) in [7, 11) is -3.77. The van der Waals surface area contributed by atoms with Gasteiger partial charge in [0, 0.05) is 38.1 Å². The van der Waals surface area contributed by atoms with Crippen molar-refractivity contribution in [2.24, 2.45) is 0 Å². The zero-order valence-electron chi connectivity index (χ0n) is 17.0. The zero-order chi connectivity index (χ0) is 22.3. The highest BCUT2D eigenvalue weighted by molar-refractivity contribution is 7.89. The zero-order valence-corrected chi connectivity index (χ0v) is 17.8. The van der Waals surface area contributed by atoms with Gasteiger partial charge in [0.05, 0.1) is 4.90 Å². The van der Waals surface area contributed by atoms with E-state index in [1.54, 1.807) is 24.5 Å². The highest BCUT2D eigenvalue weighted by atomic mass is 32.2. The molecule has 2 aromatic rings. The molecule has 31 heavy (non-hydrogen) atoms. The number of nitrogens with zero attached hydrogens (tertiary/aromatic N) is 2. The van der Waals surface area contributed by atoms with E-state index < -0.39 is 27.7 Å². The minimum atomic E-state index is -3.77. The Morgan fingerprint density at radius 2 is 1.84 bits per heavy atom. The molecule has 2 heterocycles. The molecule has 0 aliphatic carbocycles. The molecule has 10 heteroatoms. The first-order valence-corrected chi connectivity index (χ1v) is 11.5. The molecule has 3 rings (SSSR count). The SMILES string of the molecule is O=C(NCC[C@H]1CCCCN1S(=O)(=O)c1ccc(F)cc1)C(=O)NCc1cccnc1. The topological polar surface area (TPSA) is 108 Å². The van der Waals surface area contributed by atoms with Gasteiger partial charge in [-0.05, 0) is 55.2 Å². The summed E-state index contributed by atoms with van der Waals surface area (Å²) in [6.45, 7) is 0.718. The Kier molecular flexibility index (Phi) is 7.69. The van der Waals surface area contributed by atoms with Gasteiger partial charge in [0.2, 0.25) is 10.0 Å². The van der Waals surface area contributed by atoms with Crippen LogP contribution in [0.1, 0.15) is 31.2 Å². The normalized spacial score (nSPS) is 17.1. The second kappa shape index (κ2) is 10.5. The number of hydrogen-bond acceptors (Lipinski definition) is 5. The predicted molar refractivity (Wildman–Crippen MR) is 112 cm³/mol. The summed E-state index contributed by atoms with van der Waals surface area (Å²) in [4.78, 5) is 28.0. The van der Waals surface area contributed by atoms with Gasteiger partial charge >= 0.3 is 11.8 Å². The van der Waals surface area contributed by atoms with Gasteiger partial charge in [-0.1, -0.05) is 12.5 Å². The number of piperidine rings is 1. The summed E-state index contributed by atoms with van der Waals surface area (Å²) < 4.78 is 40.5. The number of amides is 2. The lowest BCUT2D eigenvalue weighted by Crippen LogP contribution is -2.46. The van der Waals surface area contributed by atoms with E-state index in [0.717, 1.165) is 30.5 Å². The van der Waals surface area contributed by atoms with Gasteiger partial charge in [0.1, 0.15) is 5.82 Å². The maximum absolute atomic E-state index is 13.2. The second-order valence-electron chi connectivity index (χ2n) is 7.31. The molecule has 8 nitrogen and oxygen atoms in total. The fourth-order valence-electron chi connectivity index (χ4n) is 3.52. The Morgan fingerprint density at radius 3 is 2.55 bits per heavy atom. The second-order valence-corrected chi connectivity index (χ2v) is 9.20. The number of aromatic nitrogens is 1. The van der Waals surface area contributed by atoms with Crippen LogP contribution in [-0.4, -0.2) is 48.7 Å². The molecule has 0 saturated carbocycles. The Labute approximate surface area is 180 Å². The lowest BCUT2D eigenvalue weighted by atomic mass is 10.0. The molecule has 0 spiro atoms. The fourth-order valence-corrected chi connectivity index (χ4v) is 5.24. The molecular formula is C21H25FN4O4S. The van der Waals surface area contributed by atoms with Crippen LogP contribution >= 0.6 is 0 Å². The van der Waals surface area contributed by atoms with Gasteiger partial charge in [-0.2, -0.15) is 4.31 Å². The molecule has 1 aliphatic rings. The summed E-state index contributed by atoms with van der Waals surface area (Å²) in [6.07, 6.45) is 5.85. The number of carbonyl (C=O) groups excluding carboxylic acids is 2. The largest absolute Gasteiger partial charge is 0.348 e. The number of rotatable bonds is 7. The van der Waals surface area contributed by atoms with Crippen molar-refractivity contribution >= 4 is 21.8 Å². The van der Waals surface area contributed by atoms with E-state index in [2.05, 4.69) is 15.6 Å². The van der Waals surface area contributed by atoms with Crippen LogP contribution in [0.15, 0.2) is 53.7 Å². The maximum Gasteiger partial charge on any atom is 0.309 e. The van der Waals surface area contributed by atoms with Crippen LogP contribution in [0.3, 0.4) is 0 Å². The van der Waals surface area contributed by atoms with Crippen LogP contribution in [0.4, 0.5) is 4.39 Å². The average molecular weight is 449 g/mol. The standard InChI is InChI=1S/C21H25FN4O4S/c22-17-6-8-19(9-7-17)31(29,30)26-13-2-1-5-18(26)10-12-24-20(27)21(28)25-15-16-4-3-11-23-14-16/h3-4,6-9,11,14,18H,1-2,5,10,12-13,15H2,(H,24,27)(H,25,28)/t18-/m1/s1. The number of pyridine rings is 1. The third kappa shape index (κ3) is 6.08. The molecule has 166 valence electrons. The lowest BCUT2D eigenvalue weighted by molar-refractivity contribution is -0.139. The molecule has 1 fully saturated rings. The van der Waals surface area contributed by atoms with Crippen molar-refractivity contribution in [1.82, 2.24) is 19.9 Å². The van der Waals surface area contributed by atoms with E-state index in [0.29, 0.717) is 19.4 Å². The van der Waals surface area contributed by atoms with Crippen LogP contribution in [0.25, 0.3) is 0 Å². The molecule has 1 aliphatic heterocycles. The summed E-state index contributed by atoms with van der Waals surface area (Å²) in [5, 5.41) is 5.07. The first kappa shape index (κ1) is 22.8. The van der Waals surface area contributed by atoms with Gasteiger partial charge in [-0.25, -0.2) is 12.8 Å². The summed E-state index contributed by atoms with van der Waals surface area (Å²) in [5.74, 6) is -2.03. The third-order valence-corrected chi connectivity index (χ3v) is 7.10. The minimum Gasteiger partial charge on any atom is -0.348 e. The van der Waals surface area contributed by atoms with Gasteiger partial charge in [-0.15, -0.1) is 0 Å². The molecule has 0 radical (unpaired) electrons. The van der Waals surface area contributed by atoms with Gasteiger partial charge < -0.3 is 10.6 Å². The first-order valence-electron chi connectivity index (χ1n) is 10.1. The third-order valence-electron chi connectivity index (χ3n) is 5.14. The number of sulfonamides is 1. The molecule has 2 N–H and O–H groups in total. The van der Waals surface area contributed by atoms with E-state index in [1.807, 2.05) is 0 Å². The van der Waals surface area contributed by atoms with Crippen molar-refractivity contribution in [2.45, 2.75) is 43.2 Å². The smallest absolute Gasteiger partial charge is 0.309 e. The Balaban J connectivity index is 1.52. The van der Waals surface area contributed by atoms with E-state index in [-0.39, 0.29) is 24.0 Å². The summed E-state index contributed by atoms with van der Waals surface area (Å²) >= 11 is 0. The Morgan fingerprint density at radius 1 is 1.10 bits per heavy atom. The van der Waals surface area contributed by atoms with Crippen molar-refractivity contribution in [3.63, 3.8) is 0 Å². The highest BCUT2D eigenvalue weighted by Gasteiger charge is 2.33.